The highest BCUT2D eigenvalue weighted by atomic mass is 16.4. The number of rotatable bonds is 7. The summed E-state index contributed by atoms with van der Waals surface area (Å²) in [5.41, 5.74) is 2.36. The number of carbonyl (C=O) groups is 1. The van der Waals surface area contributed by atoms with Gasteiger partial charge in [-0.25, -0.2) is 0 Å². The normalized spacial score (nSPS) is 12.4. The molecule has 0 heterocycles. The van der Waals surface area contributed by atoms with Crippen molar-refractivity contribution in [1.29, 1.82) is 0 Å². The molecule has 1 rings (SSSR count). The van der Waals surface area contributed by atoms with Gasteiger partial charge in [0.15, 0.2) is 0 Å². The maximum atomic E-state index is 11.0. The first-order chi connectivity index (χ1) is 8.15. The molecule has 0 aliphatic carbocycles. The second kappa shape index (κ2) is 7.07. The average Bonchev–Trinajstić information content (AvgIpc) is 2.31. The monoisotopic (exact) mass is 235 g/mol. The van der Waals surface area contributed by atoms with Crippen LogP contribution >= 0.6 is 0 Å². The quantitative estimate of drug-likeness (QED) is 0.764. The first-order valence-corrected chi connectivity index (χ1v) is 6.15. The van der Waals surface area contributed by atoms with Crippen molar-refractivity contribution in [2.24, 2.45) is 0 Å². The number of benzene rings is 1. The van der Waals surface area contributed by atoms with Crippen LogP contribution in [0.25, 0.3) is 0 Å². The fourth-order valence-corrected chi connectivity index (χ4v) is 1.76. The molecule has 0 aliphatic rings. The Morgan fingerprint density at radius 2 is 2.12 bits per heavy atom. The van der Waals surface area contributed by atoms with E-state index in [1.165, 1.54) is 5.56 Å². The van der Waals surface area contributed by atoms with Crippen molar-refractivity contribution >= 4 is 5.97 Å². The Kier molecular flexibility index (Phi) is 5.70. The minimum absolute atomic E-state index is 0.436. The fourth-order valence-electron chi connectivity index (χ4n) is 1.76. The molecule has 94 valence electrons. The number of aliphatic carboxylic acids is 1. The van der Waals surface area contributed by atoms with E-state index < -0.39 is 12.0 Å². The third-order valence-electron chi connectivity index (χ3n) is 2.94. The molecule has 0 aromatic heterocycles. The van der Waals surface area contributed by atoms with E-state index in [0.717, 1.165) is 18.4 Å². The van der Waals surface area contributed by atoms with Crippen LogP contribution in [0, 0.1) is 6.92 Å². The summed E-state index contributed by atoms with van der Waals surface area (Å²) in [6, 6.07) is 7.60. The van der Waals surface area contributed by atoms with Gasteiger partial charge < -0.3 is 10.4 Å². The van der Waals surface area contributed by atoms with Crippen LogP contribution in [0.2, 0.25) is 0 Å². The molecule has 0 saturated carbocycles. The molecule has 2 N–H and O–H groups in total. The van der Waals surface area contributed by atoms with Crippen LogP contribution in [0.15, 0.2) is 24.3 Å². The minimum atomic E-state index is -0.757. The van der Waals surface area contributed by atoms with Crippen LogP contribution in [-0.2, 0) is 11.3 Å². The molecule has 0 bridgehead atoms. The molecule has 17 heavy (non-hydrogen) atoms. The Hall–Kier alpha value is -1.35. The highest BCUT2D eigenvalue weighted by Gasteiger charge is 2.15. The Morgan fingerprint density at radius 3 is 2.71 bits per heavy atom. The lowest BCUT2D eigenvalue weighted by Crippen LogP contribution is -2.36. The summed E-state index contributed by atoms with van der Waals surface area (Å²) < 4.78 is 0. The second-order valence-electron chi connectivity index (χ2n) is 4.34. The highest BCUT2D eigenvalue weighted by Crippen LogP contribution is 2.08. The van der Waals surface area contributed by atoms with Crippen LogP contribution in [0.1, 0.15) is 37.3 Å². The van der Waals surface area contributed by atoms with Crippen LogP contribution in [-0.4, -0.2) is 17.1 Å². The lowest BCUT2D eigenvalue weighted by atomic mass is 10.1. The van der Waals surface area contributed by atoms with Crippen molar-refractivity contribution < 1.29 is 9.90 Å². The van der Waals surface area contributed by atoms with E-state index in [-0.39, 0.29) is 0 Å². The summed E-state index contributed by atoms with van der Waals surface area (Å²) in [7, 11) is 0. The van der Waals surface area contributed by atoms with Gasteiger partial charge in [0, 0.05) is 6.54 Å². The van der Waals surface area contributed by atoms with Crippen molar-refractivity contribution in [3.63, 3.8) is 0 Å². The summed E-state index contributed by atoms with van der Waals surface area (Å²) in [5.74, 6) is -0.757. The van der Waals surface area contributed by atoms with E-state index in [1.807, 2.05) is 31.2 Å². The van der Waals surface area contributed by atoms with Gasteiger partial charge >= 0.3 is 5.97 Å². The van der Waals surface area contributed by atoms with Crippen molar-refractivity contribution in [3.05, 3.63) is 35.4 Å². The number of carboxylic acid groups (broad SMARTS) is 1. The lowest BCUT2D eigenvalue weighted by molar-refractivity contribution is -0.139. The van der Waals surface area contributed by atoms with Crippen molar-refractivity contribution in [1.82, 2.24) is 5.32 Å². The van der Waals surface area contributed by atoms with E-state index in [1.54, 1.807) is 0 Å². The summed E-state index contributed by atoms with van der Waals surface area (Å²) in [6.07, 6.45) is 2.66. The Labute approximate surface area is 103 Å². The van der Waals surface area contributed by atoms with Crippen molar-refractivity contribution in [2.75, 3.05) is 0 Å². The minimum Gasteiger partial charge on any atom is -0.480 e. The van der Waals surface area contributed by atoms with Crippen molar-refractivity contribution in [2.45, 2.75) is 45.7 Å². The zero-order valence-corrected chi connectivity index (χ0v) is 10.6. The molecule has 3 heteroatoms. The van der Waals surface area contributed by atoms with Gasteiger partial charge in [0.1, 0.15) is 6.04 Å². The number of hydrogen-bond donors (Lipinski definition) is 2. The summed E-state index contributed by atoms with van der Waals surface area (Å²) in [6.45, 7) is 4.73. The molecule has 3 nitrogen and oxygen atoms in total. The number of unbranched alkanes of at least 4 members (excludes halogenated alkanes) is 1. The summed E-state index contributed by atoms with van der Waals surface area (Å²) in [5, 5.41) is 12.2. The first-order valence-electron chi connectivity index (χ1n) is 6.15. The number of nitrogens with one attached hydrogen (secondary N) is 1. The van der Waals surface area contributed by atoms with Gasteiger partial charge in [0.25, 0.3) is 0 Å². The second-order valence-corrected chi connectivity index (χ2v) is 4.34. The van der Waals surface area contributed by atoms with Gasteiger partial charge in [-0.3, -0.25) is 4.79 Å². The smallest absolute Gasteiger partial charge is 0.320 e. The molecule has 1 aromatic carbocycles. The molecule has 0 aliphatic heterocycles. The van der Waals surface area contributed by atoms with Gasteiger partial charge in [-0.15, -0.1) is 0 Å². The van der Waals surface area contributed by atoms with E-state index >= 15 is 0 Å². The molecule has 1 aromatic rings. The van der Waals surface area contributed by atoms with E-state index in [2.05, 4.69) is 12.2 Å². The summed E-state index contributed by atoms with van der Waals surface area (Å²) in [4.78, 5) is 11.0. The molecule has 1 atom stereocenters. The molecule has 0 amide bonds. The molecule has 0 spiro atoms. The average molecular weight is 235 g/mol. The zero-order chi connectivity index (χ0) is 12.7. The largest absolute Gasteiger partial charge is 0.480 e. The van der Waals surface area contributed by atoms with Crippen molar-refractivity contribution in [3.8, 4) is 0 Å². The van der Waals surface area contributed by atoms with Crippen LogP contribution < -0.4 is 5.32 Å². The number of aryl methyl sites for hydroxylation is 1. The van der Waals surface area contributed by atoms with Gasteiger partial charge in [0.2, 0.25) is 0 Å². The number of hydrogen-bond acceptors (Lipinski definition) is 2. The predicted molar refractivity (Wildman–Crippen MR) is 69.0 cm³/mol. The molecule has 0 fully saturated rings. The third-order valence-corrected chi connectivity index (χ3v) is 2.94. The Morgan fingerprint density at radius 1 is 1.41 bits per heavy atom. The van der Waals surface area contributed by atoms with E-state index in [0.29, 0.717) is 13.0 Å². The van der Waals surface area contributed by atoms with Gasteiger partial charge in [-0.1, -0.05) is 44.0 Å². The van der Waals surface area contributed by atoms with Crippen LogP contribution in [0.3, 0.4) is 0 Å². The number of carboxylic acids is 1. The molecule has 1 unspecified atom stereocenters. The predicted octanol–water partition coefficient (Wildman–Crippen LogP) is 2.73. The standard InChI is InChI=1S/C14H21NO2/c1-3-4-9-13(14(16)17)15-10-12-8-6-5-7-11(12)2/h5-8,13,15H,3-4,9-10H2,1-2H3,(H,16,17). The maximum absolute atomic E-state index is 11.0. The maximum Gasteiger partial charge on any atom is 0.320 e. The fraction of sp³-hybridized carbons (Fsp3) is 0.500. The molecule has 0 saturated heterocycles. The lowest BCUT2D eigenvalue weighted by Gasteiger charge is -2.15. The van der Waals surface area contributed by atoms with Gasteiger partial charge in [-0.05, 0) is 24.5 Å². The van der Waals surface area contributed by atoms with Gasteiger partial charge in [-0.2, -0.15) is 0 Å². The molecule has 0 radical (unpaired) electrons. The topological polar surface area (TPSA) is 49.3 Å². The highest BCUT2D eigenvalue weighted by molar-refractivity contribution is 5.73. The Balaban J connectivity index is 2.52. The third kappa shape index (κ3) is 4.57. The van der Waals surface area contributed by atoms with E-state index in [4.69, 9.17) is 5.11 Å². The van der Waals surface area contributed by atoms with Gasteiger partial charge in [0.05, 0.1) is 0 Å². The SMILES string of the molecule is CCCCC(NCc1ccccc1C)C(=O)O. The molecular weight excluding hydrogens is 214 g/mol. The zero-order valence-electron chi connectivity index (χ0n) is 10.6. The molecular formula is C14H21NO2. The Bertz CT molecular complexity index is 363. The van der Waals surface area contributed by atoms with E-state index in [9.17, 15) is 4.79 Å². The first kappa shape index (κ1) is 13.7. The summed E-state index contributed by atoms with van der Waals surface area (Å²) >= 11 is 0. The van der Waals surface area contributed by atoms with Crippen LogP contribution in [0.4, 0.5) is 0 Å². The van der Waals surface area contributed by atoms with Crippen LogP contribution in [0.5, 0.6) is 0 Å².